The van der Waals surface area contributed by atoms with Gasteiger partial charge >= 0.3 is 0 Å². The van der Waals surface area contributed by atoms with Crippen LogP contribution in [0, 0.1) is 17.3 Å². The van der Waals surface area contributed by atoms with Crippen molar-refractivity contribution in [3.8, 4) is 0 Å². The van der Waals surface area contributed by atoms with Crippen molar-refractivity contribution in [1.82, 2.24) is 0 Å². The summed E-state index contributed by atoms with van der Waals surface area (Å²) in [5.74, 6) is 2.12. The van der Waals surface area contributed by atoms with Crippen LogP contribution >= 0.6 is 0 Å². The summed E-state index contributed by atoms with van der Waals surface area (Å²) >= 11 is 0. The highest BCUT2D eigenvalue weighted by Gasteiger charge is 2.45. The molecule has 0 N–H and O–H groups in total. The van der Waals surface area contributed by atoms with Crippen molar-refractivity contribution >= 4 is 0 Å². The molecule has 0 aromatic carbocycles. The fourth-order valence-corrected chi connectivity index (χ4v) is 3.30. The highest BCUT2D eigenvalue weighted by molar-refractivity contribution is 4.96. The highest BCUT2D eigenvalue weighted by atomic mass is 14.5. The van der Waals surface area contributed by atoms with Crippen molar-refractivity contribution in [1.29, 1.82) is 0 Å². The molecule has 2 rings (SSSR count). The van der Waals surface area contributed by atoms with Gasteiger partial charge in [-0.05, 0) is 42.9 Å². The number of fused-ring (bicyclic) bond motifs is 1. The lowest BCUT2D eigenvalue weighted by atomic mass is 9.80. The van der Waals surface area contributed by atoms with Crippen molar-refractivity contribution in [2.45, 2.75) is 46.0 Å². The summed E-state index contributed by atoms with van der Waals surface area (Å²) in [6.07, 6.45) is 7.56. The third-order valence-electron chi connectivity index (χ3n) is 4.02. The Morgan fingerprint density at radius 1 is 1.20 bits per heavy atom. The van der Waals surface area contributed by atoms with Crippen LogP contribution in [-0.2, 0) is 0 Å². The van der Waals surface area contributed by atoms with Gasteiger partial charge in [0.2, 0.25) is 0 Å². The highest BCUT2D eigenvalue weighted by Crippen LogP contribution is 2.56. The zero-order valence-electron chi connectivity index (χ0n) is 7.19. The van der Waals surface area contributed by atoms with Crippen LogP contribution in [-0.4, -0.2) is 0 Å². The molecule has 10 heavy (non-hydrogen) atoms. The molecule has 0 heterocycles. The molecule has 3 atom stereocenters. The second kappa shape index (κ2) is 1.99. The summed E-state index contributed by atoms with van der Waals surface area (Å²) in [5, 5.41) is 0. The normalized spacial score (nSPS) is 53.4. The van der Waals surface area contributed by atoms with Gasteiger partial charge in [-0.15, -0.1) is 0 Å². The molecule has 2 aliphatic carbocycles. The minimum Gasteiger partial charge on any atom is -0.0622 e. The lowest BCUT2D eigenvalue weighted by Gasteiger charge is -2.24. The van der Waals surface area contributed by atoms with E-state index in [0.29, 0.717) is 0 Å². The fraction of sp³-hybridized carbons (Fsp3) is 1.00. The quantitative estimate of drug-likeness (QED) is 0.482. The Morgan fingerprint density at radius 3 is 2.70 bits per heavy atom. The smallest absolute Gasteiger partial charge is 0.0295 e. The summed E-state index contributed by atoms with van der Waals surface area (Å²) in [5.41, 5.74) is 0.777. The van der Waals surface area contributed by atoms with Gasteiger partial charge in [-0.1, -0.05) is 20.3 Å². The van der Waals surface area contributed by atoms with Gasteiger partial charge in [-0.25, -0.2) is 0 Å². The zero-order valence-corrected chi connectivity index (χ0v) is 7.19. The van der Waals surface area contributed by atoms with Gasteiger partial charge in [-0.3, -0.25) is 0 Å². The molecule has 58 valence electrons. The topological polar surface area (TPSA) is 0 Å². The molecule has 0 aromatic heterocycles. The minimum absolute atomic E-state index is 0.777. The summed E-state index contributed by atoms with van der Waals surface area (Å²) in [6.45, 7) is 4.95. The summed E-state index contributed by atoms with van der Waals surface area (Å²) in [4.78, 5) is 0. The summed E-state index contributed by atoms with van der Waals surface area (Å²) in [7, 11) is 0. The standard InChI is InChI=1S/C10H18/c1-8-5-7-10(2)6-3-4-9(8)10/h8-9H,3-7H2,1-2H3. The average molecular weight is 138 g/mol. The average Bonchev–Trinajstić information content (AvgIpc) is 2.35. The molecule has 2 fully saturated rings. The van der Waals surface area contributed by atoms with E-state index in [-0.39, 0.29) is 0 Å². The Bertz CT molecular complexity index is 139. The van der Waals surface area contributed by atoms with Gasteiger partial charge in [0.25, 0.3) is 0 Å². The van der Waals surface area contributed by atoms with Crippen molar-refractivity contribution in [2.24, 2.45) is 17.3 Å². The second-order valence-electron chi connectivity index (χ2n) is 4.67. The van der Waals surface area contributed by atoms with E-state index in [1.807, 2.05) is 0 Å². The number of rotatable bonds is 0. The molecule has 0 aromatic rings. The Labute approximate surface area is 64.0 Å². The molecule has 0 saturated heterocycles. The van der Waals surface area contributed by atoms with Gasteiger partial charge in [0.15, 0.2) is 0 Å². The molecule has 0 amide bonds. The third-order valence-corrected chi connectivity index (χ3v) is 4.02. The van der Waals surface area contributed by atoms with E-state index >= 15 is 0 Å². The lowest BCUT2D eigenvalue weighted by Crippen LogP contribution is -2.17. The zero-order chi connectivity index (χ0) is 7.19. The van der Waals surface area contributed by atoms with E-state index in [9.17, 15) is 0 Å². The Balaban J connectivity index is 2.19. The second-order valence-corrected chi connectivity index (χ2v) is 4.67. The van der Waals surface area contributed by atoms with E-state index in [0.717, 1.165) is 17.3 Å². The van der Waals surface area contributed by atoms with Gasteiger partial charge in [0.1, 0.15) is 0 Å². The fourth-order valence-electron chi connectivity index (χ4n) is 3.30. The predicted molar refractivity (Wildman–Crippen MR) is 43.8 cm³/mol. The maximum Gasteiger partial charge on any atom is -0.0295 e. The van der Waals surface area contributed by atoms with Gasteiger partial charge in [0.05, 0.1) is 0 Å². The van der Waals surface area contributed by atoms with Crippen LogP contribution in [0.25, 0.3) is 0 Å². The summed E-state index contributed by atoms with van der Waals surface area (Å²) in [6, 6.07) is 0. The molecule has 0 nitrogen and oxygen atoms in total. The first-order valence-corrected chi connectivity index (χ1v) is 4.72. The first-order chi connectivity index (χ1) is 4.72. The van der Waals surface area contributed by atoms with Crippen LogP contribution in [0.4, 0.5) is 0 Å². The third kappa shape index (κ3) is 0.741. The summed E-state index contributed by atoms with van der Waals surface area (Å²) < 4.78 is 0. The van der Waals surface area contributed by atoms with Crippen molar-refractivity contribution in [2.75, 3.05) is 0 Å². The number of hydrogen-bond donors (Lipinski definition) is 0. The van der Waals surface area contributed by atoms with Crippen LogP contribution in [0.2, 0.25) is 0 Å². The first-order valence-electron chi connectivity index (χ1n) is 4.72. The van der Waals surface area contributed by atoms with Gasteiger partial charge in [-0.2, -0.15) is 0 Å². The van der Waals surface area contributed by atoms with E-state index in [1.54, 1.807) is 0 Å². The molecule has 2 saturated carbocycles. The monoisotopic (exact) mass is 138 g/mol. The van der Waals surface area contributed by atoms with Crippen LogP contribution < -0.4 is 0 Å². The Kier molecular flexibility index (Phi) is 1.33. The molecular weight excluding hydrogens is 120 g/mol. The van der Waals surface area contributed by atoms with Crippen molar-refractivity contribution < 1.29 is 0 Å². The molecule has 3 unspecified atom stereocenters. The molecule has 0 aliphatic heterocycles. The Hall–Kier alpha value is 0. The molecular formula is C10H18. The van der Waals surface area contributed by atoms with Crippen molar-refractivity contribution in [3.05, 3.63) is 0 Å². The maximum absolute atomic E-state index is 2.51. The van der Waals surface area contributed by atoms with E-state index in [1.165, 1.54) is 32.1 Å². The SMILES string of the molecule is CC1CCC2(C)CCCC12. The van der Waals surface area contributed by atoms with Crippen LogP contribution in [0.3, 0.4) is 0 Å². The molecule has 2 aliphatic rings. The van der Waals surface area contributed by atoms with E-state index < -0.39 is 0 Å². The number of hydrogen-bond acceptors (Lipinski definition) is 0. The predicted octanol–water partition coefficient (Wildman–Crippen LogP) is 3.22. The minimum atomic E-state index is 0.777. The van der Waals surface area contributed by atoms with Crippen LogP contribution in [0.1, 0.15) is 46.0 Å². The first kappa shape index (κ1) is 6.69. The molecule has 0 radical (unpaired) electrons. The van der Waals surface area contributed by atoms with Crippen LogP contribution in [0.15, 0.2) is 0 Å². The van der Waals surface area contributed by atoms with Crippen molar-refractivity contribution in [3.63, 3.8) is 0 Å². The Morgan fingerprint density at radius 2 is 2.00 bits per heavy atom. The molecule has 0 heteroatoms. The van der Waals surface area contributed by atoms with Crippen LogP contribution in [0.5, 0.6) is 0 Å². The maximum atomic E-state index is 2.51. The molecule has 0 spiro atoms. The van der Waals surface area contributed by atoms with E-state index in [2.05, 4.69) is 13.8 Å². The van der Waals surface area contributed by atoms with Gasteiger partial charge in [0, 0.05) is 0 Å². The van der Waals surface area contributed by atoms with Gasteiger partial charge < -0.3 is 0 Å². The van der Waals surface area contributed by atoms with E-state index in [4.69, 9.17) is 0 Å². The molecule has 0 bridgehead atoms. The lowest BCUT2D eigenvalue weighted by molar-refractivity contribution is 0.247. The largest absolute Gasteiger partial charge is 0.0622 e.